The first kappa shape index (κ1) is 20.0. The number of carbonyl (C=O) groups excluding carboxylic acids is 1. The Morgan fingerprint density at radius 1 is 1.10 bits per heavy atom. The number of fused-ring (bicyclic) bond motifs is 1. The van der Waals surface area contributed by atoms with Gasteiger partial charge in [-0.25, -0.2) is 9.59 Å². The molecule has 0 spiro atoms. The normalized spacial score (nSPS) is 19.3. The zero-order valence-electron chi connectivity index (χ0n) is 15.9. The van der Waals surface area contributed by atoms with Gasteiger partial charge in [-0.05, 0) is 49.4 Å². The average Bonchev–Trinajstić information content (AvgIpc) is 2.69. The van der Waals surface area contributed by atoms with E-state index < -0.39 is 11.6 Å². The lowest BCUT2D eigenvalue weighted by Gasteiger charge is -2.26. The summed E-state index contributed by atoms with van der Waals surface area (Å²) in [6, 6.07) is 11.9. The van der Waals surface area contributed by atoms with Crippen molar-refractivity contribution in [2.45, 2.75) is 38.7 Å². The summed E-state index contributed by atoms with van der Waals surface area (Å²) < 4.78 is 11.1. The predicted octanol–water partition coefficient (Wildman–Crippen LogP) is 6.50. The van der Waals surface area contributed by atoms with Crippen LogP contribution in [0.1, 0.15) is 43.0 Å². The number of carbonyl (C=O) groups is 1. The quantitative estimate of drug-likeness (QED) is 0.351. The van der Waals surface area contributed by atoms with Crippen LogP contribution in [0.25, 0.3) is 22.1 Å². The van der Waals surface area contributed by atoms with E-state index in [0.717, 1.165) is 31.1 Å². The van der Waals surface area contributed by atoms with Crippen molar-refractivity contribution in [3.8, 4) is 11.1 Å². The number of benzene rings is 2. The van der Waals surface area contributed by atoms with E-state index in [0.29, 0.717) is 17.1 Å². The van der Waals surface area contributed by atoms with Gasteiger partial charge in [-0.3, -0.25) is 0 Å². The average molecular weight is 431 g/mol. The first-order valence-corrected chi connectivity index (χ1v) is 10.4. The third-order valence-electron chi connectivity index (χ3n) is 5.36. The zero-order chi connectivity index (χ0) is 20.5. The smallest absolute Gasteiger partial charge is 0.344 e. The number of ether oxygens (including phenoxy) is 1. The molecular formula is C23H20Cl2O4. The molecule has 0 radical (unpaired) electrons. The van der Waals surface area contributed by atoms with Crippen molar-refractivity contribution in [2.75, 3.05) is 0 Å². The predicted molar refractivity (Wildman–Crippen MR) is 115 cm³/mol. The van der Waals surface area contributed by atoms with Crippen LogP contribution in [0.5, 0.6) is 0 Å². The third kappa shape index (κ3) is 4.19. The van der Waals surface area contributed by atoms with Crippen LogP contribution < -0.4 is 5.63 Å². The van der Waals surface area contributed by atoms with Crippen LogP contribution in [0.2, 0.25) is 10.0 Å². The van der Waals surface area contributed by atoms with Crippen molar-refractivity contribution < 1.29 is 13.9 Å². The zero-order valence-corrected chi connectivity index (χ0v) is 17.4. The van der Waals surface area contributed by atoms with E-state index in [1.54, 1.807) is 24.3 Å². The van der Waals surface area contributed by atoms with Crippen molar-refractivity contribution in [1.29, 1.82) is 0 Å². The summed E-state index contributed by atoms with van der Waals surface area (Å²) in [6.07, 6.45) is 3.81. The van der Waals surface area contributed by atoms with Crippen molar-refractivity contribution in [2.24, 2.45) is 5.92 Å². The van der Waals surface area contributed by atoms with Gasteiger partial charge in [0.1, 0.15) is 11.7 Å². The van der Waals surface area contributed by atoms with Gasteiger partial charge in [0.25, 0.3) is 0 Å². The van der Waals surface area contributed by atoms with E-state index in [-0.39, 0.29) is 27.3 Å². The molecule has 1 fully saturated rings. The molecule has 0 saturated heterocycles. The molecule has 2 aromatic carbocycles. The molecule has 0 bridgehead atoms. The highest BCUT2D eigenvalue weighted by Gasteiger charge is 2.24. The number of esters is 1. The van der Waals surface area contributed by atoms with Crippen LogP contribution in [0.3, 0.4) is 0 Å². The minimum atomic E-state index is -0.548. The Labute approximate surface area is 178 Å². The van der Waals surface area contributed by atoms with Crippen molar-refractivity contribution in [3.05, 3.63) is 68.5 Å². The van der Waals surface area contributed by atoms with E-state index in [2.05, 4.69) is 6.92 Å². The lowest BCUT2D eigenvalue weighted by Crippen LogP contribution is -2.24. The molecule has 0 unspecified atom stereocenters. The molecule has 2 atom stereocenters. The Morgan fingerprint density at radius 3 is 2.69 bits per heavy atom. The number of para-hydroxylation sites is 1. The molecular weight excluding hydrogens is 411 g/mol. The van der Waals surface area contributed by atoms with Crippen LogP contribution in [-0.4, -0.2) is 12.1 Å². The molecule has 29 heavy (non-hydrogen) atoms. The SMILES string of the molecule is C[C@@H]1CCC[C@H](OC(=O)c2cc(Cl)c(Cl)c(-c3cc4ccccc4oc3=O)c2)C1. The van der Waals surface area contributed by atoms with Crippen molar-refractivity contribution in [1.82, 2.24) is 0 Å². The number of hydrogen-bond donors (Lipinski definition) is 0. The Balaban J connectivity index is 1.72. The van der Waals surface area contributed by atoms with Crippen molar-refractivity contribution >= 4 is 40.1 Å². The molecule has 4 rings (SSSR count). The fourth-order valence-corrected chi connectivity index (χ4v) is 4.29. The Kier molecular flexibility index (Phi) is 5.66. The highest BCUT2D eigenvalue weighted by atomic mass is 35.5. The maximum atomic E-state index is 12.7. The summed E-state index contributed by atoms with van der Waals surface area (Å²) in [5.74, 6) is 0.0715. The molecule has 4 nitrogen and oxygen atoms in total. The van der Waals surface area contributed by atoms with Gasteiger partial charge in [-0.15, -0.1) is 0 Å². The summed E-state index contributed by atoms with van der Waals surface area (Å²) >= 11 is 12.7. The van der Waals surface area contributed by atoms with Crippen LogP contribution >= 0.6 is 23.2 Å². The number of hydrogen-bond acceptors (Lipinski definition) is 4. The first-order valence-electron chi connectivity index (χ1n) is 9.65. The minimum Gasteiger partial charge on any atom is -0.459 e. The van der Waals surface area contributed by atoms with E-state index in [4.69, 9.17) is 32.4 Å². The van der Waals surface area contributed by atoms with Crippen LogP contribution in [0, 0.1) is 5.92 Å². The van der Waals surface area contributed by atoms with Gasteiger partial charge in [0.15, 0.2) is 0 Å². The van der Waals surface area contributed by atoms with Crippen LogP contribution in [-0.2, 0) is 4.74 Å². The van der Waals surface area contributed by atoms with Crippen LogP contribution in [0.15, 0.2) is 51.7 Å². The summed E-state index contributed by atoms with van der Waals surface area (Å²) in [5.41, 5.74) is 0.790. The lowest BCUT2D eigenvalue weighted by atomic mass is 9.89. The molecule has 0 N–H and O–H groups in total. The van der Waals surface area contributed by atoms with Gasteiger partial charge in [-0.2, -0.15) is 0 Å². The Bertz CT molecular complexity index is 1140. The van der Waals surface area contributed by atoms with Crippen LogP contribution in [0.4, 0.5) is 0 Å². The van der Waals surface area contributed by atoms with E-state index >= 15 is 0 Å². The fraction of sp³-hybridized carbons (Fsp3) is 0.304. The molecule has 1 heterocycles. The molecule has 3 aromatic rings. The van der Waals surface area contributed by atoms with Gasteiger partial charge >= 0.3 is 11.6 Å². The molecule has 0 aliphatic heterocycles. The maximum absolute atomic E-state index is 12.7. The van der Waals surface area contributed by atoms with E-state index in [1.807, 2.05) is 12.1 Å². The largest absolute Gasteiger partial charge is 0.459 e. The molecule has 1 saturated carbocycles. The second-order valence-electron chi connectivity index (χ2n) is 7.60. The highest BCUT2D eigenvalue weighted by molar-refractivity contribution is 6.44. The molecule has 1 aliphatic rings. The van der Waals surface area contributed by atoms with Crippen molar-refractivity contribution in [3.63, 3.8) is 0 Å². The standard InChI is InChI=1S/C23H20Cl2O4/c1-13-5-4-7-16(9-13)28-22(26)15-11-17(21(25)19(24)12-15)18-10-14-6-2-3-8-20(14)29-23(18)27/h2-3,6,8,10-13,16H,4-5,7,9H2,1H3/t13-,16+/m1/s1. The van der Waals surface area contributed by atoms with Gasteiger partial charge in [0, 0.05) is 10.9 Å². The third-order valence-corrected chi connectivity index (χ3v) is 6.16. The molecule has 0 amide bonds. The van der Waals surface area contributed by atoms with Gasteiger partial charge in [-0.1, -0.05) is 54.7 Å². The molecule has 150 valence electrons. The minimum absolute atomic E-state index is 0.102. The summed E-state index contributed by atoms with van der Waals surface area (Å²) in [4.78, 5) is 25.3. The van der Waals surface area contributed by atoms with Gasteiger partial charge in [0.2, 0.25) is 0 Å². The maximum Gasteiger partial charge on any atom is 0.344 e. The molecule has 1 aliphatic carbocycles. The molecule has 6 heteroatoms. The second-order valence-corrected chi connectivity index (χ2v) is 8.39. The van der Waals surface area contributed by atoms with Gasteiger partial charge in [0.05, 0.1) is 21.2 Å². The van der Waals surface area contributed by atoms with Gasteiger partial charge < -0.3 is 9.15 Å². The Morgan fingerprint density at radius 2 is 1.90 bits per heavy atom. The first-order chi connectivity index (χ1) is 13.9. The lowest BCUT2D eigenvalue weighted by molar-refractivity contribution is 0.0155. The van der Waals surface area contributed by atoms with E-state index in [9.17, 15) is 9.59 Å². The summed E-state index contributed by atoms with van der Waals surface area (Å²) in [6.45, 7) is 2.16. The topological polar surface area (TPSA) is 56.5 Å². The molecule has 1 aromatic heterocycles. The summed E-state index contributed by atoms with van der Waals surface area (Å²) in [5, 5.41) is 1.12. The monoisotopic (exact) mass is 430 g/mol. The number of rotatable bonds is 3. The highest BCUT2D eigenvalue weighted by Crippen LogP contribution is 2.35. The fourth-order valence-electron chi connectivity index (χ4n) is 3.86. The second kappa shape index (κ2) is 8.21. The van der Waals surface area contributed by atoms with E-state index in [1.165, 1.54) is 6.07 Å². The number of halogens is 2. The Hall–Kier alpha value is -2.30. The summed E-state index contributed by atoms with van der Waals surface area (Å²) in [7, 11) is 0.